The molecule has 1 N–H and O–H groups in total. The highest BCUT2D eigenvalue weighted by molar-refractivity contribution is 5.93. The molecule has 1 aromatic rings. The predicted molar refractivity (Wildman–Crippen MR) is 138 cm³/mol. The van der Waals surface area contributed by atoms with Crippen LogP contribution in [0, 0.1) is 17.8 Å². The molecule has 0 radical (unpaired) electrons. The van der Waals surface area contributed by atoms with Crippen molar-refractivity contribution in [3.63, 3.8) is 0 Å². The molecule has 3 atom stereocenters. The third-order valence-corrected chi connectivity index (χ3v) is 8.02. The third-order valence-electron chi connectivity index (χ3n) is 8.02. The number of rotatable bonds is 12. The molecule has 204 valence electrons. The van der Waals surface area contributed by atoms with Crippen LogP contribution in [-0.4, -0.2) is 67.7 Å². The van der Waals surface area contributed by atoms with Crippen molar-refractivity contribution in [2.24, 2.45) is 17.8 Å². The standard InChI is InChI=1S/C29H42N2O6/c1-2-37-28(34)29(19-25(29)21-36-20-23-11-7-4-8-12-23)30-27(33)24(17-22-9-5-3-6-10-22)18-26(32)31-13-15-35-16-14-31/h4,7-8,11-12,22,24-25H,2-3,5-6,9-10,13-21H2,1H3,(H,30,33). The van der Waals surface area contributed by atoms with E-state index in [0.717, 1.165) is 18.4 Å². The Balaban J connectivity index is 1.40. The molecule has 1 aliphatic heterocycles. The minimum Gasteiger partial charge on any atom is -0.464 e. The quantitative estimate of drug-likeness (QED) is 0.429. The van der Waals surface area contributed by atoms with E-state index < -0.39 is 17.4 Å². The Bertz CT molecular complexity index is 897. The molecule has 2 aliphatic carbocycles. The van der Waals surface area contributed by atoms with Crippen molar-refractivity contribution in [3.8, 4) is 0 Å². The van der Waals surface area contributed by atoms with Crippen LogP contribution in [-0.2, 0) is 35.2 Å². The molecule has 0 spiro atoms. The highest BCUT2D eigenvalue weighted by Gasteiger charge is 2.62. The summed E-state index contributed by atoms with van der Waals surface area (Å²) in [5, 5.41) is 3.06. The lowest BCUT2D eigenvalue weighted by atomic mass is 9.81. The molecule has 0 bridgehead atoms. The Labute approximate surface area is 220 Å². The van der Waals surface area contributed by atoms with Crippen LogP contribution in [0.2, 0.25) is 0 Å². The van der Waals surface area contributed by atoms with Gasteiger partial charge in [-0.25, -0.2) is 4.79 Å². The number of morpholine rings is 1. The van der Waals surface area contributed by atoms with E-state index in [1.807, 2.05) is 30.3 Å². The van der Waals surface area contributed by atoms with E-state index in [1.54, 1.807) is 11.8 Å². The highest BCUT2D eigenvalue weighted by atomic mass is 16.5. The molecular formula is C29H42N2O6. The first kappa shape index (κ1) is 27.6. The second kappa shape index (κ2) is 13.4. The lowest BCUT2D eigenvalue weighted by Gasteiger charge is -2.31. The maximum atomic E-state index is 13.7. The summed E-state index contributed by atoms with van der Waals surface area (Å²) in [6.45, 7) is 4.99. The number of ether oxygens (including phenoxy) is 3. The summed E-state index contributed by atoms with van der Waals surface area (Å²) in [5.41, 5.74) is -0.0144. The number of hydrogen-bond acceptors (Lipinski definition) is 6. The first-order chi connectivity index (χ1) is 18.0. The van der Waals surface area contributed by atoms with E-state index >= 15 is 0 Å². The van der Waals surface area contributed by atoms with Crippen molar-refractivity contribution < 1.29 is 28.6 Å². The van der Waals surface area contributed by atoms with Gasteiger partial charge in [0.05, 0.1) is 33.0 Å². The number of amides is 2. The smallest absolute Gasteiger partial charge is 0.332 e. The fraction of sp³-hybridized carbons (Fsp3) is 0.690. The SMILES string of the molecule is CCOC(=O)C1(NC(=O)C(CC(=O)N2CCOCC2)CC2CCCCC2)CC1COCc1ccccc1. The van der Waals surface area contributed by atoms with E-state index in [9.17, 15) is 14.4 Å². The Morgan fingerprint density at radius 3 is 2.54 bits per heavy atom. The Morgan fingerprint density at radius 2 is 1.84 bits per heavy atom. The average Bonchev–Trinajstić information content (AvgIpc) is 3.63. The normalized spacial score (nSPS) is 24.8. The molecule has 1 heterocycles. The lowest BCUT2D eigenvalue weighted by Crippen LogP contribution is -2.50. The van der Waals surface area contributed by atoms with E-state index in [4.69, 9.17) is 14.2 Å². The number of nitrogens with zero attached hydrogens (tertiary/aromatic N) is 1. The largest absolute Gasteiger partial charge is 0.464 e. The van der Waals surface area contributed by atoms with E-state index in [-0.39, 0.29) is 30.8 Å². The van der Waals surface area contributed by atoms with Crippen LogP contribution in [0.1, 0.15) is 63.9 Å². The maximum Gasteiger partial charge on any atom is 0.332 e. The van der Waals surface area contributed by atoms with Gasteiger partial charge in [0.15, 0.2) is 0 Å². The first-order valence-electron chi connectivity index (χ1n) is 14.0. The Morgan fingerprint density at radius 1 is 1.11 bits per heavy atom. The van der Waals surface area contributed by atoms with E-state index in [2.05, 4.69) is 5.32 Å². The molecule has 4 rings (SSSR count). The summed E-state index contributed by atoms with van der Waals surface area (Å²) < 4.78 is 16.7. The number of carbonyl (C=O) groups excluding carboxylic acids is 3. The highest BCUT2D eigenvalue weighted by Crippen LogP contribution is 2.45. The summed E-state index contributed by atoms with van der Waals surface area (Å²) in [6.07, 6.45) is 7.08. The summed E-state index contributed by atoms with van der Waals surface area (Å²) in [5.74, 6) is -0.813. The zero-order valence-corrected chi connectivity index (χ0v) is 22.1. The molecule has 3 aliphatic rings. The molecule has 0 aromatic heterocycles. The van der Waals surface area contributed by atoms with Gasteiger partial charge in [0.25, 0.3) is 0 Å². The minimum absolute atomic E-state index is 0.0111. The number of nitrogens with one attached hydrogen (secondary N) is 1. The molecule has 1 aromatic carbocycles. The average molecular weight is 515 g/mol. The van der Waals surface area contributed by atoms with Gasteiger partial charge in [0.1, 0.15) is 5.54 Å². The fourth-order valence-corrected chi connectivity index (χ4v) is 5.72. The van der Waals surface area contributed by atoms with E-state index in [0.29, 0.717) is 58.3 Å². The topological polar surface area (TPSA) is 94.2 Å². The molecular weight excluding hydrogens is 472 g/mol. The summed E-state index contributed by atoms with van der Waals surface area (Å²) in [7, 11) is 0. The van der Waals surface area contributed by atoms with Crippen molar-refractivity contribution in [3.05, 3.63) is 35.9 Å². The van der Waals surface area contributed by atoms with Gasteiger partial charge >= 0.3 is 5.97 Å². The molecule has 37 heavy (non-hydrogen) atoms. The van der Waals surface area contributed by atoms with Gasteiger partial charge in [0.2, 0.25) is 11.8 Å². The van der Waals surface area contributed by atoms with Crippen molar-refractivity contribution in [1.29, 1.82) is 0 Å². The molecule has 8 heteroatoms. The summed E-state index contributed by atoms with van der Waals surface area (Å²) in [4.78, 5) is 41.6. The number of hydrogen-bond donors (Lipinski definition) is 1. The van der Waals surface area contributed by atoms with Gasteiger partial charge in [-0.3, -0.25) is 9.59 Å². The van der Waals surface area contributed by atoms with Gasteiger partial charge in [-0.1, -0.05) is 62.4 Å². The van der Waals surface area contributed by atoms with Crippen LogP contribution in [0.15, 0.2) is 30.3 Å². The number of carbonyl (C=O) groups is 3. The van der Waals surface area contributed by atoms with Gasteiger partial charge in [-0.15, -0.1) is 0 Å². The first-order valence-corrected chi connectivity index (χ1v) is 14.0. The minimum atomic E-state index is -1.07. The molecule has 1 saturated heterocycles. The van der Waals surface area contributed by atoms with Crippen molar-refractivity contribution in [1.82, 2.24) is 10.2 Å². The van der Waals surface area contributed by atoms with Crippen LogP contribution in [0.5, 0.6) is 0 Å². The van der Waals surface area contributed by atoms with E-state index in [1.165, 1.54) is 19.3 Å². The third kappa shape index (κ3) is 7.54. The van der Waals surface area contributed by atoms with Gasteiger partial charge in [-0.05, 0) is 31.2 Å². The van der Waals surface area contributed by atoms with Crippen molar-refractivity contribution >= 4 is 17.8 Å². The summed E-state index contributed by atoms with van der Waals surface area (Å²) in [6, 6.07) is 9.87. The molecule has 2 saturated carbocycles. The van der Waals surface area contributed by atoms with Crippen LogP contribution >= 0.6 is 0 Å². The Hall–Kier alpha value is -2.45. The number of esters is 1. The molecule has 8 nitrogen and oxygen atoms in total. The number of benzene rings is 1. The zero-order valence-electron chi connectivity index (χ0n) is 22.1. The van der Waals surface area contributed by atoms with Crippen LogP contribution in [0.25, 0.3) is 0 Å². The predicted octanol–water partition coefficient (Wildman–Crippen LogP) is 3.48. The van der Waals surface area contributed by atoms with Crippen molar-refractivity contribution in [2.75, 3.05) is 39.5 Å². The van der Waals surface area contributed by atoms with Crippen LogP contribution in [0.3, 0.4) is 0 Å². The molecule has 2 amide bonds. The summed E-state index contributed by atoms with van der Waals surface area (Å²) >= 11 is 0. The molecule has 3 fully saturated rings. The monoisotopic (exact) mass is 514 g/mol. The van der Waals surface area contributed by atoms with Gasteiger partial charge in [-0.2, -0.15) is 0 Å². The van der Waals surface area contributed by atoms with Crippen LogP contribution in [0.4, 0.5) is 0 Å². The lowest BCUT2D eigenvalue weighted by molar-refractivity contribution is -0.150. The second-order valence-corrected chi connectivity index (χ2v) is 10.7. The van der Waals surface area contributed by atoms with Crippen LogP contribution < -0.4 is 5.32 Å². The Kier molecular flexibility index (Phi) is 9.97. The van der Waals surface area contributed by atoms with Gasteiger partial charge in [0, 0.05) is 31.3 Å². The molecule has 3 unspecified atom stereocenters. The van der Waals surface area contributed by atoms with Crippen molar-refractivity contribution in [2.45, 2.75) is 70.4 Å². The fourth-order valence-electron chi connectivity index (χ4n) is 5.72. The van der Waals surface area contributed by atoms with Gasteiger partial charge < -0.3 is 24.4 Å². The second-order valence-electron chi connectivity index (χ2n) is 10.7. The zero-order chi connectivity index (χ0) is 26.1. The maximum absolute atomic E-state index is 13.7.